The molecule has 0 saturated carbocycles. The van der Waals surface area contributed by atoms with Crippen LogP contribution in [0.4, 0.5) is 0 Å². The number of hydrogen-bond donors (Lipinski definition) is 0. The lowest BCUT2D eigenvalue weighted by molar-refractivity contribution is -0.134. The van der Waals surface area contributed by atoms with E-state index >= 15 is 0 Å². The number of amides is 2. The van der Waals surface area contributed by atoms with E-state index in [1.807, 2.05) is 67.6 Å². The van der Waals surface area contributed by atoms with Gasteiger partial charge in [-0.15, -0.1) is 0 Å². The summed E-state index contributed by atoms with van der Waals surface area (Å²) in [7, 11) is 0. The second kappa shape index (κ2) is 8.88. The molecule has 5 nitrogen and oxygen atoms in total. The summed E-state index contributed by atoms with van der Waals surface area (Å²) in [6.07, 6.45) is 0. The summed E-state index contributed by atoms with van der Waals surface area (Å²) in [5.41, 5.74) is 1.81. The van der Waals surface area contributed by atoms with Gasteiger partial charge in [0.15, 0.2) is 6.61 Å². The van der Waals surface area contributed by atoms with E-state index in [1.54, 1.807) is 9.80 Å². The lowest BCUT2D eigenvalue weighted by atomic mass is 10.1. The van der Waals surface area contributed by atoms with E-state index in [9.17, 15) is 9.59 Å². The third-order valence-corrected chi connectivity index (χ3v) is 6.22. The van der Waals surface area contributed by atoms with Crippen LogP contribution in [0.5, 0.6) is 5.75 Å². The van der Waals surface area contributed by atoms with Gasteiger partial charge in [-0.3, -0.25) is 9.59 Å². The number of fused-ring (bicyclic) bond motifs is 1. The molecule has 0 aliphatic carbocycles. The Bertz CT molecular complexity index is 1070. The van der Waals surface area contributed by atoms with Gasteiger partial charge in [0.25, 0.3) is 11.8 Å². The summed E-state index contributed by atoms with van der Waals surface area (Å²) in [6, 6.07) is 19.4. The van der Waals surface area contributed by atoms with Crippen LogP contribution in [0.2, 0.25) is 0 Å². The van der Waals surface area contributed by atoms with Crippen molar-refractivity contribution in [3.8, 4) is 5.75 Å². The van der Waals surface area contributed by atoms with Gasteiger partial charge in [-0.05, 0) is 51.8 Å². The van der Waals surface area contributed by atoms with E-state index in [0.717, 1.165) is 20.8 Å². The van der Waals surface area contributed by atoms with Gasteiger partial charge >= 0.3 is 0 Å². The van der Waals surface area contributed by atoms with Crippen molar-refractivity contribution in [2.24, 2.45) is 0 Å². The van der Waals surface area contributed by atoms with Gasteiger partial charge in [-0.25, -0.2) is 0 Å². The summed E-state index contributed by atoms with van der Waals surface area (Å²) in [5.74, 6) is 0.589. The average molecular weight is 467 g/mol. The molecule has 2 amide bonds. The first-order valence-electron chi connectivity index (χ1n) is 9.97. The summed E-state index contributed by atoms with van der Waals surface area (Å²) in [5, 5.41) is 2.16. The van der Waals surface area contributed by atoms with Crippen LogP contribution in [-0.2, 0) is 4.79 Å². The molecule has 4 rings (SSSR count). The van der Waals surface area contributed by atoms with Crippen LogP contribution in [0.1, 0.15) is 15.9 Å². The highest BCUT2D eigenvalue weighted by Crippen LogP contribution is 2.33. The molecule has 0 spiro atoms. The minimum Gasteiger partial charge on any atom is -0.483 e. The normalized spacial score (nSPS) is 14.1. The number of carbonyl (C=O) groups is 2. The van der Waals surface area contributed by atoms with Crippen LogP contribution in [0.25, 0.3) is 10.8 Å². The second-order valence-electron chi connectivity index (χ2n) is 7.43. The van der Waals surface area contributed by atoms with Crippen molar-refractivity contribution in [3.63, 3.8) is 0 Å². The van der Waals surface area contributed by atoms with E-state index in [4.69, 9.17) is 4.74 Å². The Morgan fingerprint density at radius 1 is 0.900 bits per heavy atom. The Kier molecular flexibility index (Phi) is 6.04. The molecule has 0 bridgehead atoms. The van der Waals surface area contributed by atoms with Gasteiger partial charge in [0.1, 0.15) is 5.75 Å². The number of hydrogen-bond acceptors (Lipinski definition) is 3. The molecule has 1 fully saturated rings. The molecule has 0 atom stereocenters. The first kappa shape index (κ1) is 20.4. The Morgan fingerprint density at radius 3 is 2.30 bits per heavy atom. The number of rotatable bonds is 4. The van der Waals surface area contributed by atoms with Crippen LogP contribution in [-0.4, -0.2) is 54.4 Å². The van der Waals surface area contributed by atoms with E-state index in [1.165, 1.54) is 0 Å². The van der Waals surface area contributed by atoms with Crippen molar-refractivity contribution in [1.29, 1.82) is 0 Å². The highest BCUT2D eigenvalue weighted by molar-refractivity contribution is 9.10. The summed E-state index contributed by atoms with van der Waals surface area (Å²) in [6.45, 7) is 4.05. The fraction of sp³-hybridized carbons (Fsp3) is 0.250. The number of benzene rings is 3. The lowest BCUT2D eigenvalue weighted by Gasteiger charge is -2.34. The van der Waals surface area contributed by atoms with E-state index < -0.39 is 0 Å². The maximum absolute atomic E-state index is 12.6. The van der Waals surface area contributed by atoms with Crippen LogP contribution < -0.4 is 4.74 Å². The van der Waals surface area contributed by atoms with Crippen molar-refractivity contribution < 1.29 is 14.3 Å². The molecular formula is C24H23BrN2O3. The van der Waals surface area contributed by atoms with Crippen molar-refractivity contribution in [2.45, 2.75) is 6.92 Å². The van der Waals surface area contributed by atoms with Crippen molar-refractivity contribution in [1.82, 2.24) is 9.80 Å². The molecule has 154 valence electrons. The molecule has 0 N–H and O–H groups in total. The molecule has 1 aliphatic heterocycles. The number of piperazine rings is 1. The van der Waals surface area contributed by atoms with Crippen molar-refractivity contribution in [2.75, 3.05) is 32.8 Å². The number of ether oxygens (including phenoxy) is 1. The fourth-order valence-electron chi connectivity index (χ4n) is 3.59. The monoisotopic (exact) mass is 466 g/mol. The molecule has 30 heavy (non-hydrogen) atoms. The summed E-state index contributed by atoms with van der Waals surface area (Å²) < 4.78 is 6.65. The van der Waals surface area contributed by atoms with E-state index in [-0.39, 0.29) is 18.4 Å². The quantitative estimate of drug-likeness (QED) is 0.576. The third-order valence-electron chi connectivity index (χ3n) is 5.40. The fourth-order valence-corrected chi connectivity index (χ4v) is 4.20. The minimum atomic E-state index is -0.0718. The largest absolute Gasteiger partial charge is 0.483 e. The van der Waals surface area contributed by atoms with Crippen molar-refractivity contribution >= 4 is 38.5 Å². The maximum Gasteiger partial charge on any atom is 0.260 e. The van der Waals surface area contributed by atoms with Gasteiger partial charge in [-0.2, -0.15) is 0 Å². The zero-order valence-corrected chi connectivity index (χ0v) is 18.4. The highest BCUT2D eigenvalue weighted by atomic mass is 79.9. The maximum atomic E-state index is 12.6. The molecular weight excluding hydrogens is 444 g/mol. The van der Waals surface area contributed by atoms with E-state index in [2.05, 4.69) is 15.9 Å². The number of halogens is 1. The van der Waals surface area contributed by atoms with Crippen LogP contribution in [0.3, 0.4) is 0 Å². The Hall–Kier alpha value is -2.86. The average Bonchev–Trinajstić information content (AvgIpc) is 2.79. The number of nitrogens with zero attached hydrogens (tertiary/aromatic N) is 2. The van der Waals surface area contributed by atoms with E-state index in [0.29, 0.717) is 37.5 Å². The van der Waals surface area contributed by atoms with Crippen LogP contribution >= 0.6 is 15.9 Å². The summed E-state index contributed by atoms with van der Waals surface area (Å²) >= 11 is 3.58. The molecule has 0 radical (unpaired) electrons. The van der Waals surface area contributed by atoms with Gasteiger partial charge in [-0.1, -0.05) is 48.0 Å². The Morgan fingerprint density at radius 2 is 1.57 bits per heavy atom. The van der Waals surface area contributed by atoms with Gasteiger partial charge in [0.05, 0.1) is 4.47 Å². The zero-order chi connectivity index (χ0) is 21.1. The molecule has 1 aliphatic rings. The number of carbonyl (C=O) groups excluding carboxylic acids is 2. The highest BCUT2D eigenvalue weighted by Gasteiger charge is 2.25. The minimum absolute atomic E-state index is 0.0124. The lowest BCUT2D eigenvalue weighted by Crippen LogP contribution is -2.51. The van der Waals surface area contributed by atoms with Crippen LogP contribution in [0, 0.1) is 6.92 Å². The SMILES string of the molecule is Cc1ccc(C(=O)N2CCN(C(=O)COc3ccc4ccccc4c3Br)CC2)cc1. The first-order valence-corrected chi connectivity index (χ1v) is 10.8. The molecule has 1 heterocycles. The Balaban J connectivity index is 1.32. The summed E-state index contributed by atoms with van der Waals surface area (Å²) in [4.78, 5) is 28.8. The predicted octanol–water partition coefficient (Wildman–Crippen LogP) is 4.27. The molecule has 6 heteroatoms. The predicted molar refractivity (Wildman–Crippen MR) is 121 cm³/mol. The Labute approximate surface area is 184 Å². The molecule has 3 aromatic rings. The van der Waals surface area contributed by atoms with Crippen molar-refractivity contribution in [3.05, 3.63) is 76.3 Å². The smallest absolute Gasteiger partial charge is 0.260 e. The second-order valence-corrected chi connectivity index (χ2v) is 8.22. The zero-order valence-electron chi connectivity index (χ0n) is 16.8. The molecule has 1 saturated heterocycles. The molecule has 3 aromatic carbocycles. The standard InChI is InChI=1S/C24H23BrN2O3/c1-17-6-8-19(9-7-17)24(29)27-14-12-26(13-15-27)22(28)16-30-21-11-10-18-4-2-3-5-20(18)23(21)25/h2-11H,12-16H2,1H3. The topological polar surface area (TPSA) is 49.9 Å². The van der Waals surface area contributed by atoms with Gasteiger partial charge < -0.3 is 14.5 Å². The third kappa shape index (κ3) is 4.33. The van der Waals surface area contributed by atoms with Crippen LogP contribution in [0.15, 0.2) is 65.1 Å². The van der Waals surface area contributed by atoms with Gasteiger partial charge in [0, 0.05) is 31.7 Å². The molecule has 0 aromatic heterocycles. The first-order chi connectivity index (χ1) is 14.5. The van der Waals surface area contributed by atoms with Gasteiger partial charge in [0.2, 0.25) is 0 Å². The molecule has 0 unspecified atom stereocenters. The number of aryl methyl sites for hydroxylation is 1.